The van der Waals surface area contributed by atoms with Gasteiger partial charge in [-0.1, -0.05) is 30.0 Å². The van der Waals surface area contributed by atoms with Crippen molar-refractivity contribution in [2.75, 3.05) is 6.26 Å². The van der Waals surface area contributed by atoms with Crippen LogP contribution in [0.1, 0.15) is 0 Å². The fraction of sp³-hybridized carbons (Fsp3) is 0.0833. The fourth-order valence-corrected chi connectivity index (χ4v) is 2.33. The van der Waals surface area contributed by atoms with Crippen LogP contribution in [-0.2, 0) is 0 Å². The van der Waals surface area contributed by atoms with Gasteiger partial charge in [-0.15, -0.1) is 0 Å². The average Bonchev–Trinajstić information content (AvgIpc) is 2.78. The summed E-state index contributed by atoms with van der Waals surface area (Å²) in [5, 5.41) is 0.923. The molecule has 0 radical (unpaired) electrons. The summed E-state index contributed by atoms with van der Waals surface area (Å²) < 4.78 is 2.07. The topological polar surface area (TPSA) is 43.6 Å². The van der Waals surface area contributed by atoms with Crippen LogP contribution in [0.2, 0.25) is 0 Å². The van der Waals surface area contributed by atoms with Crippen LogP contribution in [0.25, 0.3) is 16.9 Å². The molecule has 0 N–H and O–H groups in total. The SMILES string of the molecule is CSc1nc2ncncc2n1-c1ccccc1. The Kier molecular flexibility index (Phi) is 2.53. The van der Waals surface area contributed by atoms with Gasteiger partial charge in [-0.05, 0) is 18.4 Å². The summed E-state index contributed by atoms with van der Waals surface area (Å²) in [5.74, 6) is 0. The molecule has 3 rings (SSSR count). The van der Waals surface area contributed by atoms with Crippen molar-refractivity contribution in [3.63, 3.8) is 0 Å². The Bertz CT molecular complexity index is 648. The van der Waals surface area contributed by atoms with Crippen LogP contribution >= 0.6 is 11.8 Å². The fourth-order valence-electron chi connectivity index (χ4n) is 1.77. The predicted octanol–water partition coefficient (Wildman–Crippen LogP) is 2.54. The van der Waals surface area contributed by atoms with Crippen LogP contribution in [0.5, 0.6) is 0 Å². The lowest BCUT2D eigenvalue weighted by Gasteiger charge is -2.06. The van der Waals surface area contributed by atoms with E-state index in [0.717, 1.165) is 22.0 Å². The number of aromatic nitrogens is 4. The second-order valence-corrected chi connectivity index (χ2v) is 4.27. The van der Waals surface area contributed by atoms with Crippen molar-refractivity contribution < 1.29 is 0 Å². The minimum Gasteiger partial charge on any atom is -0.284 e. The molecule has 0 saturated carbocycles. The Morgan fingerprint density at radius 2 is 2.00 bits per heavy atom. The van der Waals surface area contributed by atoms with E-state index >= 15 is 0 Å². The van der Waals surface area contributed by atoms with Gasteiger partial charge in [-0.25, -0.2) is 15.0 Å². The highest BCUT2D eigenvalue weighted by Crippen LogP contribution is 2.24. The Balaban J connectivity index is 2.34. The first kappa shape index (κ1) is 10.3. The molecule has 17 heavy (non-hydrogen) atoms. The third-order valence-corrected chi connectivity index (χ3v) is 3.14. The molecule has 0 spiro atoms. The predicted molar refractivity (Wildman–Crippen MR) is 68.4 cm³/mol. The number of rotatable bonds is 2. The largest absolute Gasteiger partial charge is 0.284 e. The monoisotopic (exact) mass is 242 g/mol. The van der Waals surface area contributed by atoms with E-state index in [1.165, 1.54) is 6.33 Å². The smallest absolute Gasteiger partial charge is 0.182 e. The molecule has 5 heteroatoms. The summed E-state index contributed by atoms with van der Waals surface area (Å²) in [6.07, 6.45) is 5.32. The molecule has 0 aliphatic rings. The van der Waals surface area contributed by atoms with Crippen LogP contribution in [0.3, 0.4) is 0 Å². The molecule has 0 saturated heterocycles. The standard InChI is InChI=1S/C12H10N4S/c1-17-12-15-11-10(7-13-8-14-11)16(12)9-5-3-2-4-6-9/h2-8H,1H3. The summed E-state index contributed by atoms with van der Waals surface area (Å²) in [4.78, 5) is 12.7. The van der Waals surface area contributed by atoms with Crippen LogP contribution < -0.4 is 0 Å². The number of fused-ring (bicyclic) bond motifs is 1. The van der Waals surface area contributed by atoms with Gasteiger partial charge in [-0.2, -0.15) is 0 Å². The molecule has 4 nitrogen and oxygen atoms in total. The first-order chi connectivity index (χ1) is 8.40. The summed E-state index contributed by atoms with van der Waals surface area (Å²) in [6.45, 7) is 0. The maximum Gasteiger partial charge on any atom is 0.182 e. The molecular formula is C12H10N4S. The van der Waals surface area contributed by atoms with Crippen molar-refractivity contribution in [1.82, 2.24) is 19.5 Å². The molecule has 0 aliphatic heterocycles. The van der Waals surface area contributed by atoms with E-state index < -0.39 is 0 Å². The van der Waals surface area contributed by atoms with Crippen molar-refractivity contribution in [2.45, 2.75) is 5.16 Å². The first-order valence-electron chi connectivity index (χ1n) is 5.18. The van der Waals surface area contributed by atoms with Crippen LogP contribution in [-0.4, -0.2) is 25.8 Å². The van der Waals surface area contributed by atoms with Gasteiger partial charge in [0.1, 0.15) is 11.8 Å². The third kappa shape index (κ3) is 1.68. The van der Waals surface area contributed by atoms with E-state index in [2.05, 4.69) is 19.5 Å². The number of hydrogen-bond donors (Lipinski definition) is 0. The molecule has 2 aromatic heterocycles. The highest BCUT2D eigenvalue weighted by molar-refractivity contribution is 7.98. The highest BCUT2D eigenvalue weighted by Gasteiger charge is 2.11. The molecule has 84 valence electrons. The zero-order chi connectivity index (χ0) is 11.7. The molecule has 0 atom stereocenters. The summed E-state index contributed by atoms with van der Waals surface area (Å²) in [7, 11) is 0. The van der Waals surface area contributed by atoms with Crippen molar-refractivity contribution in [3.8, 4) is 5.69 Å². The van der Waals surface area contributed by atoms with Gasteiger partial charge in [0, 0.05) is 5.69 Å². The molecule has 1 aromatic carbocycles. The van der Waals surface area contributed by atoms with Gasteiger partial charge in [-0.3, -0.25) is 4.57 Å². The Morgan fingerprint density at radius 3 is 2.76 bits per heavy atom. The average molecular weight is 242 g/mol. The van der Waals surface area contributed by atoms with Crippen molar-refractivity contribution in [2.24, 2.45) is 0 Å². The van der Waals surface area contributed by atoms with Crippen LogP contribution in [0, 0.1) is 0 Å². The van der Waals surface area contributed by atoms with E-state index in [0.29, 0.717) is 0 Å². The lowest BCUT2D eigenvalue weighted by molar-refractivity contribution is 0.920. The van der Waals surface area contributed by atoms with E-state index in [9.17, 15) is 0 Å². The van der Waals surface area contributed by atoms with Crippen molar-refractivity contribution in [1.29, 1.82) is 0 Å². The minimum absolute atomic E-state index is 0.730. The zero-order valence-corrected chi connectivity index (χ0v) is 10.1. The van der Waals surface area contributed by atoms with Gasteiger partial charge in [0.15, 0.2) is 10.8 Å². The molecule has 0 aliphatic carbocycles. The van der Waals surface area contributed by atoms with Crippen molar-refractivity contribution in [3.05, 3.63) is 42.9 Å². The Hall–Kier alpha value is -1.88. The van der Waals surface area contributed by atoms with Gasteiger partial charge in [0.2, 0.25) is 0 Å². The van der Waals surface area contributed by atoms with E-state index in [1.54, 1.807) is 18.0 Å². The molecule has 3 aromatic rings. The lowest BCUT2D eigenvalue weighted by atomic mass is 10.3. The quantitative estimate of drug-likeness (QED) is 0.648. The number of para-hydroxylation sites is 1. The summed E-state index contributed by atoms with van der Waals surface area (Å²) in [6, 6.07) is 10.1. The van der Waals surface area contributed by atoms with Gasteiger partial charge < -0.3 is 0 Å². The number of hydrogen-bond acceptors (Lipinski definition) is 4. The normalized spacial score (nSPS) is 10.9. The Labute approximate surface area is 103 Å². The number of nitrogens with zero attached hydrogens (tertiary/aromatic N) is 4. The number of benzene rings is 1. The molecule has 0 amide bonds. The van der Waals surface area contributed by atoms with E-state index in [1.807, 2.05) is 36.6 Å². The minimum atomic E-state index is 0.730. The van der Waals surface area contributed by atoms with E-state index in [-0.39, 0.29) is 0 Å². The van der Waals surface area contributed by atoms with Gasteiger partial charge in [0.05, 0.1) is 6.20 Å². The number of thioether (sulfide) groups is 1. The maximum absolute atomic E-state index is 4.48. The number of imidazole rings is 1. The first-order valence-corrected chi connectivity index (χ1v) is 6.40. The van der Waals surface area contributed by atoms with Crippen molar-refractivity contribution >= 4 is 22.9 Å². The molecule has 0 fully saturated rings. The molecule has 2 heterocycles. The zero-order valence-electron chi connectivity index (χ0n) is 9.24. The van der Waals surface area contributed by atoms with Gasteiger partial charge in [0.25, 0.3) is 0 Å². The second kappa shape index (κ2) is 4.18. The molecular weight excluding hydrogens is 232 g/mol. The summed E-state index contributed by atoms with van der Waals surface area (Å²) >= 11 is 1.60. The van der Waals surface area contributed by atoms with Crippen LogP contribution in [0.4, 0.5) is 0 Å². The summed E-state index contributed by atoms with van der Waals surface area (Å²) in [5.41, 5.74) is 2.74. The third-order valence-electron chi connectivity index (χ3n) is 2.50. The molecule has 0 bridgehead atoms. The van der Waals surface area contributed by atoms with Crippen LogP contribution in [0.15, 0.2) is 48.0 Å². The van der Waals surface area contributed by atoms with Gasteiger partial charge >= 0.3 is 0 Å². The second-order valence-electron chi connectivity index (χ2n) is 3.50. The molecule has 0 unspecified atom stereocenters. The Morgan fingerprint density at radius 1 is 1.18 bits per heavy atom. The highest BCUT2D eigenvalue weighted by atomic mass is 32.2. The maximum atomic E-state index is 4.48. The van der Waals surface area contributed by atoms with E-state index in [4.69, 9.17) is 0 Å². The lowest BCUT2D eigenvalue weighted by Crippen LogP contribution is -1.95.